The van der Waals surface area contributed by atoms with Gasteiger partial charge in [-0.2, -0.15) is 18.3 Å². The molecule has 3 aromatic heterocycles. The number of halogens is 3. The molecule has 1 amide bonds. The Kier molecular flexibility index (Phi) is 7.87. The number of hydrogen-bond acceptors (Lipinski definition) is 7. The number of aromatic nitrogens is 5. The molecule has 1 fully saturated rings. The summed E-state index contributed by atoms with van der Waals surface area (Å²) in [5.74, 6) is 1.10. The van der Waals surface area contributed by atoms with Crippen molar-refractivity contribution in [2.75, 3.05) is 29.9 Å². The van der Waals surface area contributed by atoms with Gasteiger partial charge in [-0.1, -0.05) is 20.3 Å². The third kappa shape index (κ3) is 6.10. The summed E-state index contributed by atoms with van der Waals surface area (Å²) in [5.41, 5.74) is 1.92. The van der Waals surface area contributed by atoms with Gasteiger partial charge in [-0.05, 0) is 78.9 Å². The fourth-order valence-corrected chi connectivity index (χ4v) is 5.75. The van der Waals surface area contributed by atoms with E-state index in [1.807, 2.05) is 6.07 Å². The molecule has 0 spiro atoms. The van der Waals surface area contributed by atoms with Crippen LogP contribution in [-0.4, -0.2) is 55.6 Å². The standard InChI is InChI=1S/C31H33F3N8O/c1-19(2)14-36-27-12-21(24-15-35-7-6-22(24)29-37-18-38-40-29)13-28(39-27)42-17-25-23(30(42)43)10-20(11-26(25)31(32,33)34)16-41-8-4-3-5-9-41/h6-7,10-13,15,18-19H,3-5,8-9,14,16-17H2,1-2H3,(H,36,39)(H,37,38,40). The fourth-order valence-electron chi connectivity index (χ4n) is 5.75. The normalized spacial score (nSPS) is 15.8. The van der Waals surface area contributed by atoms with Crippen LogP contribution in [-0.2, 0) is 19.3 Å². The van der Waals surface area contributed by atoms with Gasteiger partial charge in [0.1, 0.15) is 18.0 Å². The molecule has 1 saturated heterocycles. The molecule has 2 aliphatic heterocycles. The topological polar surface area (TPSA) is 103 Å². The van der Waals surface area contributed by atoms with E-state index in [-0.39, 0.29) is 23.5 Å². The molecule has 0 aliphatic carbocycles. The Balaban J connectivity index is 1.41. The molecule has 0 unspecified atom stereocenters. The van der Waals surface area contributed by atoms with E-state index in [1.165, 1.54) is 17.3 Å². The molecule has 2 aliphatic rings. The number of carbonyl (C=O) groups excluding carboxylic acids is 1. The first-order valence-electron chi connectivity index (χ1n) is 14.5. The fraction of sp³-hybridized carbons (Fsp3) is 0.387. The molecule has 12 heteroatoms. The van der Waals surface area contributed by atoms with Crippen LogP contribution in [0.1, 0.15) is 60.2 Å². The molecule has 9 nitrogen and oxygen atoms in total. The molecule has 0 atom stereocenters. The zero-order chi connectivity index (χ0) is 30.1. The number of hydrogen-bond donors (Lipinski definition) is 2. The lowest BCUT2D eigenvalue weighted by Gasteiger charge is -2.27. The molecule has 224 valence electrons. The van der Waals surface area contributed by atoms with E-state index < -0.39 is 17.6 Å². The van der Waals surface area contributed by atoms with Crippen molar-refractivity contribution in [1.82, 2.24) is 30.0 Å². The van der Waals surface area contributed by atoms with Crippen LogP contribution in [0.3, 0.4) is 0 Å². The second kappa shape index (κ2) is 11.8. The number of benzene rings is 1. The molecule has 5 heterocycles. The van der Waals surface area contributed by atoms with Crippen molar-refractivity contribution in [3.63, 3.8) is 0 Å². The molecule has 1 aromatic carbocycles. The van der Waals surface area contributed by atoms with Gasteiger partial charge in [0.25, 0.3) is 5.91 Å². The number of likely N-dealkylation sites (tertiary alicyclic amines) is 1. The Labute approximate surface area is 247 Å². The first kappa shape index (κ1) is 28.8. The van der Waals surface area contributed by atoms with E-state index in [9.17, 15) is 18.0 Å². The van der Waals surface area contributed by atoms with Crippen LogP contribution in [0.15, 0.2) is 49.1 Å². The maximum absolute atomic E-state index is 14.4. The van der Waals surface area contributed by atoms with Crippen LogP contribution in [0.25, 0.3) is 22.5 Å². The van der Waals surface area contributed by atoms with Crippen molar-refractivity contribution < 1.29 is 18.0 Å². The SMILES string of the molecule is CC(C)CNc1cc(-c2cnccc2-c2ncn[nH]2)cc(N2Cc3c(cc(CN4CCCCC4)cc3C(F)(F)F)C2=O)n1. The number of alkyl halides is 3. The summed E-state index contributed by atoms with van der Waals surface area (Å²) in [6, 6.07) is 8.19. The van der Waals surface area contributed by atoms with Crippen LogP contribution in [0.2, 0.25) is 0 Å². The smallest absolute Gasteiger partial charge is 0.370 e. The summed E-state index contributed by atoms with van der Waals surface area (Å²) in [5, 5.41) is 10.1. The number of H-pyrrole nitrogens is 1. The quantitative estimate of drug-likeness (QED) is 0.253. The molecule has 4 aromatic rings. The van der Waals surface area contributed by atoms with Crippen LogP contribution >= 0.6 is 0 Å². The van der Waals surface area contributed by atoms with Crippen molar-refractivity contribution >= 4 is 17.5 Å². The maximum atomic E-state index is 14.4. The number of nitrogens with zero attached hydrogens (tertiary/aromatic N) is 6. The molecule has 0 radical (unpaired) electrons. The van der Waals surface area contributed by atoms with E-state index in [0.717, 1.165) is 37.9 Å². The van der Waals surface area contributed by atoms with Crippen molar-refractivity contribution in [2.24, 2.45) is 5.92 Å². The average Bonchev–Trinajstić information content (AvgIpc) is 3.64. The van der Waals surface area contributed by atoms with E-state index in [1.54, 1.807) is 30.6 Å². The summed E-state index contributed by atoms with van der Waals surface area (Å²) < 4.78 is 43.1. The molecule has 0 bridgehead atoms. The minimum absolute atomic E-state index is 0.0208. The van der Waals surface area contributed by atoms with Gasteiger partial charge in [0.15, 0.2) is 5.82 Å². The summed E-state index contributed by atoms with van der Waals surface area (Å²) in [6.07, 6.45) is 3.30. The van der Waals surface area contributed by atoms with Gasteiger partial charge in [0, 0.05) is 42.2 Å². The monoisotopic (exact) mass is 590 g/mol. The summed E-state index contributed by atoms with van der Waals surface area (Å²) in [6.45, 7) is 6.56. The van der Waals surface area contributed by atoms with Crippen molar-refractivity contribution in [3.05, 3.63) is 71.3 Å². The first-order valence-corrected chi connectivity index (χ1v) is 14.5. The van der Waals surface area contributed by atoms with E-state index in [2.05, 4.69) is 44.2 Å². The highest BCUT2D eigenvalue weighted by molar-refractivity contribution is 6.10. The van der Waals surface area contributed by atoms with Crippen LogP contribution in [0.5, 0.6) is 0 Å². The maximum Gasteiger partial charge on any atom is 0.416 e. The number of amides is 1. The second-order valence-electron chi connectivity index (χ2n) is 11.5. The van der Waals surface area contributed by atoms with Gasteiger partial charge in [-0.25, -0.2) is 9.97 Å². The van der Waals surface area contributed by atoms with E-state index >= 15 is 0 Å². The lowest BCUT2D eigenvalue weighted by atomic mass is 9.98. The van der Waals surface area contributed by atoms with Crippen molar-refractivity contribution in [2.45, 2.75) is 52.4 Å². The number of pyridine rings is 2. The third-order valence-electron chi connectivity index (χ3n) is 7.84. The summed E-state index contributed by atoms with van der Waals surface area (Å²) >= 11 is 0. The highest BCUT2D eigenvalue weighted by Gasteiger charge is 2.41. The predicted molar refractivity (Wildman–Crippen MR) is 157 cm³/mol. The van der Waals surface area contributed by atoms with Gasteiger partial charge in [-0.3, -0.25) is 24.7 Å². The largest absolute Gasteiger partial charge is 0.416 e. The second-order valence-corrected chi connectivity index (χ2v) is 11.5. The highest BCUT2D eigenvalue weighted by atomic mass is 19.4. The van der Waals surface area contributed by atoms with Crippen molar-refractivity contribution in [1.29, 1.82) is 0 Å². The van der Waals surface area contributed by atoms with E-state index in [4.69, 9.17) is 4.98 Å². The Morgan fingerprint density at radius 1 is 1.05 bits per heavy atom. The predicted octanol–water partition coefficient (Wildman–Crippen LogP) is 6.16. The molecule has 0 saturated carbocycles. The minimum atomic E-state index is -4.60. The molecular weight excluding hydrogens is 557 g/mol. The van der Waals surface area contributed by atoms with Gasteiger partial charge in [-0.15, -0.1) is 0 Å². The zero-order valence-corrected chi connectivity index (χ0v) is 24.1. The Morgan fingerprint density at radius 3 is 2.58 bits per heavy atom. The Morgan fingerprint density at radius 2 is 1.86 bits per heavy atom. The number of fused-ring (bicyclic) bond motifs is 1. The van der Waals surface area contributed by atoms with Gasteiger partial charge in [0.2, 0.25) is 0 Å². The third-order valence-corrected chi connectivity index (χ3v) is 7.84. The molecular formula is C31H33F3N8O. The molecule has 6 rings (SSSR count). The number of aromatic amines is 1. The van der Waals surface area contributed by atoms with Gasteiger partial charge in [0.05, 0.1) is 12.1 Å². The zero-order valence-electron chi connectivity index (χ0n) is 24.1. The van der Waals surface area contributed by atoms with Crippen LogP contribution < -0.4 is 10.2 Å². The Hall–Kier alpha value is -4.32. The number of anilines is 2. The number of nitrogens with one attached hydrogen (secondary N) is 2. The summed E-state index contributed by atoms with van der Waals surface area (Å²) in [7, 11) is 0. The molecule has 2 N–H and O–H groups in total. The Bertz CT molecular complexity index is 1610. The van der Waals surface area contributed by atoms with E-state index in [0.29, 0.717) is 47.3 Å². The lowest BCUT2D eigenvalue weighted by molar-refractivity contribution is -0.138. The summed E-state index contributed by atoms with van der Waals surface area (Å²) in [4.78, 5) is 30.6. The minimum Gasteiger partial charge on any atom is -0.370 e. The number of piperidine rings is 1. The average molecular weight is 591 g/mol. The molecule has 43 heavy (non-hydrogen) atoms. The van der Waals surface area contributed by atoms with Gasteiger partial charge < -0.3 is 5.32 Å². The van der Waals surface area contributed by atoms with Crippen molar-refractivity contribution in [3.8, 4) is 22.5 Å². The van der Waals surface area contributed by atoms with Gasteiger partial charge >= 0.3 is 6.18 Å². The van der Waals surface area contributed by atoms with Crippen LogP contribution in [0, 0.1) is 5.92 Å². The number of rotatable bonds is 8. The first-order chi connectivity index (χ1) is 20.7. The lowest BCUT2D eigenvalue weighted by Crippen LogP contribution is -2.29. The number of carbonyl (C=O) groups is 1. The highest BCUT2D eigenvalue weighted by Crippen LogP contribution is 2.41. The van der Waals surface area contributed by atoms with Crippen LogP contribution in [0.4, 0.5) is 24.8 Å².